The molecule has 0 aromatic heterocycles. The molecule has 0 saturated carbocycles. The van der Waals surface area contributed by atoms with Gasteiger partial charge in [0, 0.05) is 49.3 Å². The van der Waals surface area contributed by atoms with Gasteiger partial charge in [-0.25, -0.2) is 4.39 Å². The van der Waals surface area contributed by atoms with Gasteiger partial charge in [0.25, 0.3) is 11.8 Å². The minimum absolute atomic E-state index is 0.101. The first-order valence-corrected chi connectivity index (χ1v) is 15.3. The minimum atomic E-state index is -0.479. The van der Waals surface area contributed by atoms with E-state index in [9.17, 15) is 14.0 Å². The Kier molecular flexibility index (Phi) is 9.78. The summed E-state index contributed by atoms with van der Waals surface area (Å²) in [6.45, 7) is 4.33. The normalized spacial score (nSPS) is 21.7. The molecular formula is C34H38FN3O7. The van der Waals surface area contributed by atoms with E-state index in [1.165, 1.54) is 12.1 Å². The Morgan fingerprint density at radius 2 is 1.82 bits per heavy atom. The molecule has 6 bridgehead atoms. The highest BCUT2D eigenvalue weighted by atomic mass is 19.1. The van der Waals surface area contributed by atoms with Crippen LogP contribution in [-0.2, 0) is 20.8 Å². The zero-order valence-electron chi connectivity index (χ0n) is 25.3. The van der Waals surface area contributed by atoms with Gasteiger partial charge in [0.05, 0.1) is 39.6 Å². The van der Waals surface area contributed by atoms with Gasteiger partial charge in [-0.3, -0.25) is 9.59 Å². The Morgan fingerprint density at radius 1 is 0.978 bits per heavy atom. The molecule has 2 N–H and O–H groups in total. The van der Waals surface area contributed by atoms with Crippen LogP contribution in [0.3, 0.4) is 0 Å². The number of rotatable bonds is 3. The van der Waals surface area contributed by atoms with E-state index in [1.54, 1.807) is 43.5 Å². The fourth-order valence-electron chi connectivity index (χ4n) is 6.03. The van der Waals surface area contributed by atoms with Crippen LogP contribution in [0, 0.1) is 11.7 Å². The fourth-order valence-corrected chi connectivity index (χ4v) is 6.03. The van der Waals surface area contributed by atoms with Crippen molar-refractivity contribution in [2.75, 3.05) is 59.8 Å². The maximum atomic E-state index is 14.7. The van der Waals surface area contributed by atoms with Crippen LogP contribution in [0.15, 0.2) is 60.7 Å². The van der Waals surface area contributed by atoms with Crippen molar-refractivity contribution in [2.24, 2.45) is 5.92 Å². The number of ether oxygens (including phenoxy) is 5. The summed E-state index contributed by atoms with van der Waals surface area (Å²) in [4.78, 5) is 28.7. The number of nitrogens with zero attached hydrogens (tertiary/aromatic N) is 1. The lowest BCUT2D eigenvalue weighted by Gasteiger charge is -2.40. The summed E-state index contributed by atoms with van der Waals surface area (Å²) in [6, 6.07) is 16.5. The lowest BCUT2D eigenvalue weighted by Crippen LogP contribution is -2.57. The predicted molar refractivity (Wildman–Crippen MR) is 164 cm³/mol. The summed E-state index contributed by atoms with van der Waals surface area (Å²) >= 11 is 0. The quantitative estimate of drug-likeness (QED) is 0.460. The molecule has 0 radical (unpaired) electrons. The third kappa shape index (κ3) is 7.91. The summed E-state index contributed by atoms with van der Waals surface area (Å²) in [5, 5.41) is 5.99. The highest BCUT2D eigenvalue weighted by molar-refractivity contribution is 5.96. The molecule has 10 nitrogen and oxygen atoms in total. The number of methoxy groups -OCH3 is 1. The molecule has 6 rings (SSSR count). The van der Waals surface area contributed by atoms with Gasteiger partial charge < -0.3 is 39.2 Å². The molecule has 2 saturated heterocycles. The first-order chi connectivity index (χ1) is 21.9. The van der Waals surface area contributed by atoms with Crippen molar-refractivity contribution >= 4 is 11.8 Å². The first kappa shape index (κ1) is 30.8. The van der Waals surface area contributed by atoms with Crippen LogP contribution < -0.4 is 24.8 Å². The molecule has 3 aromatic rings. The van der Waals surface area contributed by atoms with Crippen LogP contribution in [0.2, 0.25) is 0 Å². The van der Waals surface area contributed by atoms with Crippen LogP contribution in [-0.4, -0.2) is 88.6 Å². The van der Waals surface area contributed by atoms with Crippen molar-refractivity contribution in [2.45, 2.75) is 25.1 Å². The molecule has 3 aliphatic rings. The van der Waals surface area contributed by atoms with E-state index in [4.69, 9.17) is 23.7 Å². The number of hydrogen-bond acceptors (Lipinski definition) is 8. The fraction of sp³-hybridized carbons (Fsp3) is 0.412. The Bertz CT molecular complexity index is 1510. The standard InChI is InChI=1S/C34H38FN3O7/c1-41-31-6-5-25-14-29(31)24-3-2-4-27(13-24)44-21-33(39)36-16-22-11-26(35)15-28(12-22)45-32-7-8-38(18-30(32)37-34(25)40)17-23-19-42-9-10-43-20-23/h2-6,11-15,23,30,32H,7-10,16-21H2,1H3,(H,36,39)(H,37,40)/t30-,32-/m1/s1. The summed E-state index contributed by atoms with van der Waals surface area (Å²) in [5.74, 6) is 0.526. The number of likely N-dealkylation sites (tertiary alicyclic amines) is 1. The Morgan fingerprint density at radius 3 is 2.64 bits per heavy atom. The summed E-state index contributed by atoms with van der Waals surface area (Å²) < 4.78 is 43.9. The molecule has 2 fully saturated rings. The van der Waals surface area contributed by atoms with E-state index in [0.717, 1.165) is 18.7 Å². The van der Waals surface area contributed by atoms with E-state index in [0.29, 0.717) is 73.3 Å². The van der Waals surface area contributed by atoms with Gasteiger partial charge >= 0.3 is 0 Å². The van der Waals surface area contributed by atoms with Crippen molar-refractivity contribution < 1.29 is 37.7 Å². The molecule has 0 aliphatic carbocycles. The number of piperidine rings is 1. The zero-order chi connectivity index (χ0) is 31.2. The SMILES string of the molecule is COc1ccc2cc1-c1cccc(c1)OCC(=O)NCc1cc(F)cc(c1)O[C@@H]1CCN(CC3COCCOC3)C[C@H]1NC2=O. The topological polar surface area (TPSA) is 108 Å². The number of benzene rings is 3. The van der Waals surface area contributed by atoms with Crippen LogP contribution >= 0.6 is 0 Å². The summed E-state index contributed by atoms with van der Waals surface area (Å²) in [7, 11) is 1.57. The molecule has 3 aliphatic heterocycles. The molecule has 3 heterocycles. The third-order valence-corrected chi connectivity index (χ3v) is 8.23. The van der Waals surface area contributed by atoms with Gasteiger partial charge in [-0.05, 0) is 60.0 Å². The average molecular weight is 620 g/mol. The number of fused-ring (bicyclic) bond motifs is 8. The van der Waals surface area contributed by atoms with Gasteiger partial charge in [-0.2, -0.15) is 0 Å². The molecule has 0 unspecified atom stereocenters. The second-order valence-electron chi connectivity index (χ2n) is 11.6. The summed E-state index contributed by atoms with van der Waals surface area (Å²) in [6.07, 6.45) is 0.195. The van der Waals surface area contributed by atoms with E-state index in [-0.39, 0.29) is 30.9 Å². The average Bonchev–Trinajstić information content (AvgIpc) is 3.32. The van der Waals surface area contributed by atoms with Crippen molar-refractivity contribution in [3.8, 4) is 28.4 Å². The Hall–Kier alpha value is -4.19. The summed E-state index contributed by atoms with van der Waals surface area (Å²) in [5.41, 5.74) is 2.47. The second-order valence-corrected chi connectivity index (χ2v) is 11.6. The highest BCUT2D eigenvalue weighted by Crippen LogP contribution is 2.33. The maximum absolute atomic E-state index is 14.7. The van der Waals surface area contributed by atoms with Gasteiger partial charge in [-0.15, -0.1) is 0 Å². The van der Waals surface area contributed by atoms with E-state index < -0.39 is 18.0 Å². The van der Waals surface area contributed by atoms with Crippen LogP contribution in [0.4, 0.5) is 4.39 Å². The lowest BCUT2D eigenvalue weighted by molar-refractivity contribution is -0.123. The second kappa shape index (κ2) is 14.3. The van der Waals surface area contributed by atoms with Crippen molar-refractivity contribution in [3.63, 3.8) is 0 Å². The molecule has 3 aromatic carbocycles. The number of carbonyl (C=O) groups is 2. The van der Waals surface area contributed by atoms with Crippen molar-refractivity contribution in [1.82, 2.24) is 15.5 Å². The first-order valence-electron chi connectivity index (χ1n) is 15.3. The maximum Gasteiger partial charge on any atom is 0.258 e. The molecule has 2 atom stereocenters. The Labute approximate surface area is 261 Å². The van der Waals surface area contributed by atoms with Crippen LogP contribution in [0.5, 0.6) is 17.2 Å². The molecule has 11 heteroatoms. The van der Waals surface area contributed by atoms with Crippen molar-refractivity contribution in [1.29, 1.82) is 0 Å². The third-order valence-electron chi connectivity index (χ3n) is 8.23. The number of hydrogen-bond donors (Lipinski definition) is 2. The Balaban J connectivity index is 1.32. The minimum Gasteiger partial charge on any atom is -0.496 e. The van der Waals surface area contributed by atoms with E-state index in [1.807, 2.05) is 12.1 Å². The number of carbonyl (C=O) groups excluding carboxylic acids is 2. The van der Waals surface area contributed by atoms with Crippen LogP contribution in [0.1, 0.15) is 22.3 Å². The molecule has 238 valence electrons. The molecular weight excluding hydrogens is 581 g/mol. The molecule has 45 heavy (non-hydrogen) atoms. The van der Waals surface area contributed by atoms with Crippen molar-refractivity contribution in [3.05, 3.63) is 77.6 Å². The predicted octanol–water partition coefficient (Wildman–Crippen LogP) is 3.42. The number of nitrogens with one attached hydrogen (secondary N) is 2. The zero-order valence-corrected chi connectivity index (χ0v) is 25.3. The monoisotopic (exact) mass is 619 g/mol. The number of amides is 2. The van der Waals surface area contributed by atoms with E-state index in [2.05, 4.69) is 15.5 Å². The molecule has 2 amide bonds. The van der Waals surface area contributed by atoms with E-state index >= 15 is 0 Å². The van der Waals surface area contributed by atoms with Gasteiger partial charge in [0.1, 0.15) is 29.2 Å². The van der Waals surface area contributed by atoms with Gasteiger partial charge in [0.15, 0.2) is 6.61 Å². The van der Waals surface area contributed by atoms with Gasteiger partial charge in [-0.1, -0.05) is 12.1 Å². The van der Waals surface area contributed by atoms with Gasteiger partial charge in [0.2, 0.25) is 0 Å². The van der Waals surface area contributed by atoms with Crippen LogP contribution in [0.25, 0.3) is 11.1 Å². The largest absolute Gasteiger partial charge is 0.496 e. The highest BCUT2D eigenvalue weighted by Gasteiger charge is 2.34. The molecule has 0 spiro atoms. The lowest BCUT2D eigenvalue weighted by atomic mass is 9.98. The number of halogens is 1. The smallest absolute Gasteiger partial charge is 0.258 e.